The first-order chi connectivity index (χ1) is 6.41. The molecular weight excluding hydrogens is 238 g/mol. The monoisotopic (exact) mass is 256 g/mol. The Kier molecular flexibility index (Phi) is 7.20. The second kappa shape index (κ2) is 6.93. The van der Waals surface area contributed by atoms with Crippen LogP contribution in [0.15, 0.2) is 10.5 Å². The quantitative estimate of drug-likeness (QED) is 0.490. The van der Waals surface area contributed by atoms with E-state index >= 15 is 0 Å². The van der Waals surface area contributed by atoms with Gasteiger partial charge in [-0.3, -0.25) is 0 Å². The molecule has 0 N–H and O–H groups in total. The van der Waals surface area contributed by atoms with Crippen molar-refractivity contribution in [1.82, 2.24) is 0 Å². The number of rotatable bonds is 5. The molecule has 0 aliphatic rings. The zero-order chi connectivity index (χ0) is 11.3. The van der Waals surface area contributed by atoms with Crippen LogP contribution in [0.2, 0.25) is 0 Å². The number of hydrogen-bond acceptors (Lipinski definition) is 1. The third-order valence-corrected chi connectivity index (χ3v) is 5.95. The summed E-state index contributed by atoms with van der Waals surface area (Å²) in [6, 6.07) is 0. The Bertz CT molecular complexity index is 202. The maximum Gasteiger partial charge on any atom is 0.191 e. The fraction of sp³-hybridized carbons (Fsp3) is 0.800. The largest absolute Gasteiger partial charge is 0.483 e. The Balaban J connectivity index is 4.83. The van der Waals surface area contributed by atoms with E-state index in [2.05, 4.69) is 27.7 Å². The van der Waals surface area contributed by atoms with Crippen molar-refractivity contribution in [3.8, 4) is 0 Å². The van der Waals surface area contributed by atoms with E-state index in [0.717, 1.165) is 5.31 Å². The molecular formula is C10H19Cl2OP. The molecule has 1 atom stereocenters. The lowest BCUT2D eigenvalue weighted by Gasteiger charge is -2.22. The van der Waals surface area contributed by atoms with Gasteiger partial charge in [0.1, 0.15) is 0 Å². The van der Waals surface area contributed by atoms with E-state index in [1.807, 2.05) is 6.92 Å². The van der Waals surface area contributed by atoms with Gasteiger partial charge in [0.15, 0.2) is 5.22 Å². The van der Waals surface area contributed by atoms with Crippen molar-refractivity contribution < 1.29 is 4.74 Å². The Morgan fingerprint density at radius 1 is 1.29 bits per heavy atom. The minimum atomic E-state index is -0.698. The molecule has 0 spiro atoms. The molecule has 0 saturated carbocycles. The first-order valence-electron chi connectivity index (χ1n) is 4.89. The lowest BCUT2D eigenvalue weighted by molar-refractivity contribution is 0.251. The lowest BCUT2D eigenvalue weighted by Crippen LogP contribution is -2.01. The summed E-state index contributed by atoms with van der Waals surface area (Å²) in [6.45, 7) is 10.9. The fourth-order valence-corrected chi connectivity index (χ4v) is 3.86. The first-order valence-corrected chi connectivity index (χ1v) is 7.58. The molecule has 1 nitrogen and oxygen atoms in total. The van der Waals surface area contributed by atoms with Gasteiger partial charge in [-0.25, -0.2) is 0 Å². The highest BCUT2D eigenvalue weighted by Crippen LogP contribution is 2.58. The fourth-order valence-electron chi connectivity index (χ4n) is 1.04. The topological polar surface area (TPSA) is 9.23 Å². The zero-order valence-electron chi connectivity index (χ0n) is 9.47. The van der Waals surface area contributed by atoms with Gasteiger partial charge in [0, 0.05) is 12.6 Å². The van der Waals surface area contributed by atoms with Gasteiger partial charge in [0.2, 0.25) is 0 Å². The molecule has 0 bridgehead atoms. The highest BCUT2D eigenvalue weighted by atomic mass is 35.7. The second-order valence-corrected chi connectivity index (χ2v) is 7.22. The summed E-state index contributed by atoms with van der Waals surface area (Å²) in [5.41, 5.74) is 0.429. The predicted octanol–water partition coefficient (Wildman–Crippen LogP) is 5.13. The van der Waals surface area contributed by atoms with Crippen LogP contribution in [0.5, 0.6) is 0 Å². The molecule has 1 unspecified atom stereocenters. The average Bonchev–Trinajstić information content (AvgIpc) is 2.03. The van der Waals surface area contributed by atoms with E-state index in [-0.39, 0.29) is 0 Å². The minimum Gasteiger partial charge on any atom is -0.483 e. The van der Waals surface area contributed by atoms with Crippen LogP contribution in [0.25, 0.3) is 0 Å². The molecule has 14 heavy (non-hydrogen) atoms. The van der Waals surface area contributed by atoms with Gasteiger partial charge in [-0.15, -0.1) is 0 Å². The molecule has 0 saturated heterocycles. The normalized spacial score (nSPS) is 15.8. The smallest absolute Gasteiger partial charge is 0.191 e. The summed E-state index contributed by atoms with van der Waals surface area (Å²) < 4.78 is 5.31. The van der Waals surface area contributed by atoms with Crippen molar-refractivity contribution in [2.24, 2.45) is 5.92 Å². The van der Waals surface area contributed by atoms with E-state index in [9.17, 15) is 0 Å². The van der Waals surface area contributed by atoms with E-state index in [1.54, 1.807) is 0 Å². The van der Waals surface area contributed by atoms with E-state index in [1.165, 1.54) is 0 Å². The molecule has 0 heterocycles. The van der Waals surface area contributed by atoms with Crippen LogP contribution in [0.1, 0.15) is 34.6 Å². The Hall–Kier alpha value is 0.550. The van der Waals surface area contributed by atoms with Crippen LogP contribution in [-0.4, -0.2) is 12.3 Å². The number of allylic oxidation sites excluding steroid dienone is 1. The third-order valence-electron chi connectivity index (χ3n) is 1.70. The van der Waals surface area contributed by atoms with Crippen molar-refractivity contribution in [3.63, 3.8) is 0 Å². The SMILES string of the molecule is CCO/C(Cl)=C(/C(C)C)P(Cl)C(C)C. The highest BCUT2D eigenvalue weighted by Gasteiger charge is 2.22. The highest BCUT2D eigenvalue weighted by molar-refractivity contribution is 7.87. The molecule has 84 valence electrons. The molecule has 0 fully saturated rings. The number of hydrogen-bond donors (Lipinski definition) is 0. The maximum absolute atomic E-state index is 6.35. The standard InChI is InChI=1S/C10H19Cl2OP/c1-6-13-10(11)9(7(2)3)14(12)8(4)5/h7-8H,6H2,1-5H3/b10-9-. The zero-order valence-corrected chi connectivity index (χ0v) is 11.9. The van der Waals surface area contributed by atoms with Gasteiger partial charge in [0.05, 0.1) is 6.61 Å². The predicted molar refractivity (Wildman–Crippen MR) is 67.3 cm³/mol. The van der Waals surface area contributed by atoms with Gasteiger partial charge in [-0.2, -0.15) is 0 Å². The Morgan fingerprint density at radius 3 is 2.07 bits per heavy atom. The van der Waals surface area contributed by atoms with Crippen LogP contribution in [0.3, 0.4) is 0 Å². The summed E-state index contributed by atoms with van der Waals surface area (Å²) in [7, 11) is -0.698. The van der Waals surface area contributed by atoms with E-state index in [4.69, 9.17) is 27.6 Å². The molecule has 0 aliphatic carbocycles. The molecule has 0 aromatic carbocycles. The van der Waals surface area contributed by atoms with Crippen LogP contribution in [0.4, 0.5) is 0 Å². The second-order valence-electron chi connectivity index (χ2n) is 3.65. The molecule has 0 aromatic rings. The van der Waals surface area contributed by atoms with Crippen molar-refractivity contribution in [1.29, 1.82) is 0 Å². The molecule has 0 radical (unpaired) electrons. The average molecular weight is 257 g/mol. The van der Waals surface area contributed by atoms with Crippen molar-refractivity contribution >= 4 is 30.1 Å². The maximum atomic E-state index is 6.35. The molecule has 0 aliphatic heterocycles. The first kappa shape index (κ1) is 14.6. The molecule has 0 amide bonds. The molecule has 0 rings (SSSR count). The van der Waals surface area contributed by atoms with Crippen molar-refractivity contribution in [3.05, 3.63) is 10.5 Å². The van der Waals surface area contributed by atoms with Gasteiger partial charge < -0.3 is 4.74 Å². The summed E-state index contributed by atoms with van der Waals surface area (Å²) in [6.07, 6.45) is 0. The Morgan fingerprint density at radius 2 is 1.79 bits per heavy atom. The summed E-state index contributed by atoms with van der Waals surface area (Å²) in [5, 5.41) is 1.57. The lowest BCUT2D eigenvalue weighted by atomic mass is 10.2. The van der Waals surface area contributed by atoms with Crippen LogP contribution < -0.4 is 0 Å². The summed E-state index contributed by atoms with van der Waals surface area (Å²) in [4.78, 5) is 0. The van der Waals surface area contributed by atoms with Crippen molar-refractivity contribution in [2.75, 3.05) is 6.61 Å². The Labute approximate surface area is 98.3 Å². The van der Waals surface area contributed by atoms with Gasteiger partial charge >= 0.3 is 0 Å². The van der Waals surface area contributed by atoms with Crippen LogP contribution in [0, 0.1) is 5.92 Å². The summed E-state index contributed by atoms with van der Waals surface area (Å²) >= 11 is 12.4. The minimum absolute atomic E-state index is 0.347. The van der Waals surface area contributed by atoms with Gasteiger partial charge in [-0.05, 0) is 30.1 Å². The van der Waals surface area contributed by atoms with Gasteiger partial charge in [0.25, 0.3) is 0 Å². The van der Waals surface area contributed by atoms with Gasteiger partial charge in [-0.1, -0.05) is 38.9 Å². The number of halogens is 2. The van der Waals surface area contributed by atoms with E-state index in [0.29, 0.717) is 23.4 Å². The van der Waals surface area contributed by atoms with E-state index < -0.39 is 7.27 Å². The third kappa shape index (κ3) is 4.38. The summed E-state index contributed by atoms with van der Waals surface area (Å²) in [5.74, 6) is 0.347. The molecule has 0 aromatic heterocycles. The van der Waals surface area contributed by atoms with Crippen LogP contribution >= 0.6 is 30.1 Å². The molecule has 4 heteroatoms. The van der Waals surface area contributed by atoms with Crippen molar-refractivity contribution in [2.45, 2.75) is 40.3 Å². The number of ether oxygens (including phenoxy) is 1. The van der Waals surface area contributed by atoms with Crippen LogP contribution in [-0.2, 0) is 4.74 Å².